The number of esters is 1. The van der Waals surface area contributed by atoms with Gasteiger partial charge in [-0.15, -0.1) is 21.6 Å². The van der Waals surface area contributed by atoms with E-state index in [0.29, 0.717) is 28.5 Å². The van der Waals surface area contributed by atoms with Crippen molar-refractivity contribution in [2.24, 2.45) is 10.2 Å². The Kier molecular flexibility index (Phi) is 7.41. The SMILES string of the molecule is CCN(CCC#N)c1ccc(N=Nc2sc(C(C)=O)cc2C(=O)OC)c(C)c1. The summed E-state index contributed by atoms with van der Waals surface area (Å²) in [6.07, 6.45) is 0.460. The summed E-state index contributed by atoms with van der Waals surface area (Å²) < 4.78 is 4.76. The van der Waals surface area contributed by atoms with Gasteiger partial charge in [-0.05, 0) is 50.6 Å². The van der Waals surface area contributed by atoms with E-state index in [2.05, 4.69) is 21.2 Å². The van der Waals surface area contributed by atoms with Gasteiger partial charge in [-0.25, -0.2) is 4.79 Å². The number of Topliss-reactive ketones (excluding diaryl/α,β-unsaturated/α-hetero) is 1. The minimum absolute atomic E-state index is 0.144. The second-order valence-electron chi connectivity index (χ2n) is 6.04. The van der Waals surface area contributed by atoms with Crippen molar-refractivity contribution in [1.29, 1.82) is 5.26 Å². The molecule has 0 aliphatic rings. The van der Waals surface area contributed by atoms with Gasteiger partial charge in [-0.1, -0.05) is 0 Å². The number of hydrogen-bond donors (Lipinski definition) is 0. The molecule has 0 aliphatic carbocycles. The van der Waals surface area contributed by atoms with Crippen LogP contribution in [0.1, 0.15) is 45.9 Å². The molecule has 1 heterocycles. The largest absolute Gasteiger partial charge is 0.465 e. The number of aryl methyl sites for hydroxylation is 1. The van der Waals surface area contributed by atoms with Crippen LogP contribution in [0.5, 0.6) is 0 Å². The van der Waals surface area contributed by atoms with Crippen LogP contribution in [0.25, 0.3) is 0 Å². The van der Waals surface area contributed by atoms with E-state index >= 15 is 0 Å². The van der Waals surface area contributed by atoms with Gasteiger partial charge in [0.2, 0.25) is 0 Å². The lowest BCUT2D eigenvalue weighted by atomic mass is 10.1. The van der Waals surface area contributed by atoms with Crippen LogP contribution in [0.4, 0.5) is 16.4 Å². The summed E-state index contributed by atoms with van der Waals surface area (Å²) in [7, 11) is 1.28. The molecule has 28 heavy (non-hydrogen) atoms. The number of ether oxygens (including phenoxy) is 1. The van der Waals surface area contributed by atoms with Gasteiger partial charge in [-0.2, -0.15) is 5.26 Å². The minimum Gasteiger partial charge on any atom is -0.465 e. The first-order valence-electron chi connectivity index (χ1n) is 8.78. The van der Waals surface area contributed by atoms with E-state index in [1.165, 1.54) is 20.1 Å². The van der Waals surface area contributed by atoms with Crippen LogP contribution in [0.2, 0.25) is 0 Å². The van der Waals surface area contributed by atoms with Crippen LogP contribution in [-0.2, 0) is 4.74 Å². The lowest BCUT2D eigenvalue weighted by Crippen LogP contribution is -2.23. The summed E-state index contributed by atoms with van der Waals surface area (Å²) in [6.45, 7) is 6.86. The Morgan fingerprint density at radius 2 is 2.04 bits per heavy atom. The highest BCUT2D eigenvalue weighted by Crippen LogP contribution is 2.34. The number of ketones is 1. The van der Waals surface area contributed by atoms with Gasteiger partial charge in [0, 0.05) is 18.8 Å². The van der Waals surface area contributed by atoms with Crippen molar-refractivity contribution in [3.63, 3.8) is 0 Å². The number of methoxy groups -OCH3 is 1. The van der Waals surface area contributed by atoms with Crippen molar-refractivity contribution < 1.29 is 14.3 Å². The number of nitrogens with zero attached hydrogens (tertiary/aromatic N) is 4. The molecule has 2 aromatic rings. The van der Waals surface area contributed by atoms with E-state index in [9.17, 15) is 9.59 Å². The zero-order valence-electron chi connectivity index (χ0n) is 16.4. The van der Waals surface area contributed by atoms with E-state index < -0.39 is 5.97 Å². The number of anilines is 1. The van der Waals surface area contributed by atoms with Crippen molar-refractivity contribution in [2.75, 3.05) is 25.1 Å². The molecule has 0 unspecified atom stereocenters. The third kappa shape index (κ3) is 5.02. The van der Waals surface area contributed by atoms with Crippen molar-refractivity contribution in [1.82, 2.24) is 0 Å². The third-order valence-corrected chi connectivity index (χ3v) is 5.25. The Balaban J connectivity index is 2.31. The molecule has 0 saturated heterocycles. The summed E-state index contributed by atoms with van der Waals surface area (Å²) in [5.41, 5.74) is 2.82. The van der Waals surface area contributed by atoms with Crippen molar-refractivity contribution in [3.05, 3.63) is 40.3 Å². The second-order valence-corrected chi connectivity index (χ2v) is 7.07. The molecule has 2 rings (SSSR count). The molecule has 8 heteroatoms. The molecule has 1 aromatic heterocycles. The quantitative estimate of drug-likeness (QED) is 0.346. The lowest BCUT2D eigenvalue weighted by molar-refractivity contribution is 0.0602. The molecule has 146 valence electrons. The number of rotatable bonds is 8. The van der Waals surface area contributed by atoms with Gasteiger partial charge >= 0.3 is 5.97 Å². The fourth-order valence-electron chi connectivity index (χ4n) is 2.59. The fraction of sp³-hybridized carbons (Fsp3) is 0.350. The number of carbonyl (C=O) groups is 2. The molecule has 0 fully saturated rings. The number of thiophene rings is 1. The first-order chi connectivity index (χ1) is 13.4. The second kappa shape index (κ2) is 9.76. The third-order valence-electron chi connectivity index (χ3n) is 4.13. The Morgan fingerprint density at radius 1 is 1.29 bits per heavy atom. The number of azo groups is 1. The zero-order chi connectivity index (χ0) is 20.7. The predicted octanol–water partition coefficient (Wildman–Crippen LogP) is 5.20. The van der Waals surface area contributed by atoms with E-state index in [-0.39, 0.29) is 11.3 Å². The molecule has 0 saturated carbocycles. The maximum absolute atomic E-state index is 11.9. The smallest absolute Gasteiger partial charge is 0.341 e. The highest BCUT2D eigenvalue weighted by atomic mass is 32.1. The van der Waals surface area contributed by atoms with Crippen molar-refractivity contribution in [3.8, 4) is 6.07 Å². The summed E-state index contributed by atoms with van der Waals surface area (Å²) in [5.74, 6) is -0.699. The Labute approximate surface area is 168 Å². The molecule has 0 bridgehead atoms. The number of hydrogen-bond acceptors (Lipinski definition) is 8. The lowest BCUT2D eigenvalue weighted by Gasteiger charge is -2.22. The van der Waals surface area contributed by atoms with E-state index in [1.807, 2.05) is 32.0 Å². The van der Waals surface area contributed by atoms with Crippen LogP contribution < -0.4 is 4.90 Å². The number of carbonyl (C=O) groups excluding carboxylic acids is 2. The Morgan fingerprint density at radius 3 is 2.61 bits per heavy atom. The Bertz CT molecular complexity index is 943. The highest BCUT2D eigenvalue weighted by Gasteiger charge is 2.18. The van der Waals surface area contributed by atoms with Gasteiger partial charge in [-0.3, -0.25) is 4.79 Å². The first-order valence-corrected chi connectivity index (χ1v) is 9.60. The average Bonchev–Trinajstić information content (AvgIpc) is 3.12. The molecule has 0 N–H and O–H groups in total. The number of benzene rings is 1. The van der Waals surface area contributed by atoms with Gasteiger partial charge in [0.05, 0.1) is 35.7 Å². The van der Waals surface area contributed by atoms with Crippen LogP contribution in [0.3, 0.4) is 0 Å². The molecule has 0 amide bonds. The highest BCUT2D eigenvalue weighted by molar-refractivity contribution is 7.18. The molecular formula is C20H22N4O3S. The van der Waals surface area contributed by atoms with Crippen LogP contribution in [-0.4, -0.2) is 32.0 Å². The minimum atomic E-state index is -0.555. The zero-order valence-corrected chi connectivity index (χ0v) is 17.2. The Hall–Kier alpha value is -3.05. The summed E-state index contributed by atoms with van der Waals surface area (Å²) >= 11 is 1.11. The van der Waals surface area contributed by atoms with Gasteiger partial charge in [0.25, 0.3) is 0 Å². The molecule has 1 aromatic carbocycles. The normalized spacial score (nSPS) is 10.7. The monoisotopic (exact) mass is 398 g/mol. The van der Waals surface area contributed by atoms with E-state index in [0.717, 1.165) is 29.1 Å². The molecular weight excluding hydrogens is 376 g/mol. The number of nitriles is 1. The van der Waals surface area contributed by atoms with Gasteiger partial charge in [0.15, 0.2) is 10.8 Å². The average molecular weight is 398 g/mol. The van der Waals surface area contributed by atoms with Crippen LogP contribution in [0.15, 0.2) is 34.5 Å². The maximum atomic E-state index is 11.9. The molecule has 0 spiro atoms. The fourth-order valence-corrected chi connectivity index (χ4v) is 3.45. The summed E-state index contributed by atoms with van der Waals surface area (Å²) in [4.78, 5) is 26.1. The van der Waals surface area contributed by atoms with Crippen molar-refractivity contribution in [2.45, 2.75) is 27.2 Å². The van der Waals surface area contributed by atoms with E-state index in [4.69, 9.17) is 10.00 Å². The van der Waals surface area contributed by atoms with Crippen molar-refractivity contribution >= 4 is 39.5 Å². The van der Waals surface area contributed by atoms with Crippen LogP contribution in [0, 0.1) is 18.3 Å². The summed E-state index contributed by atoms with van der Waals surface area (Å²) in [5, 5.41) is 17.6. The topological polar surface area (TPSA) is 95.1 Å². The summed E-state index contributed by atoms with van der Waals surface area (Å²) in [6, 6.07) is 9.41. The standard InChI is InChI=1S/C20H22N4O3S/c1-5-24(10-6-9-21)15-7-8-17(13(2)11-15)22-23-19-16(20(26)27-4)12-18(28-19)14(3)25/h7-8,11-12H,5-6,10H2,1-4H3. The maximum Gasteiger partial charge on any atom is 0.341 e. The molecule has 0 atom stereocenters. The predicted molar refractivity (Wildman–Crippen MR) is 109 cm³/mol. The molecule has 0 radical (unpaired) electrons. The van der Waals surface area contributed by atoms with Crippen LogP contribution >= 0.6 is 11.3 Å². The molecule has 7 nitrogen and oxygen atoms in total. The van der Waals surface area contributed by atoms with E-state index in [1.54, 1.807) is 0 Å². The van der Waals surface area contributed by atoms with Gasteiger partial charge < -0.3 is 9.64 Å². The first kappa shape index (κ1) is 21.3. The molecule has 0 aliphatic heterocycles. The van der Waals surface area contributed by atoms with Gasteiger partial charge in [0.1, 0.15) is 0 Å².